The first-order chi connectivity index (χ1) is 13.3. The number of sulfonamides is 1. The number of ether oxygens (including phenoxy) is 1. The van der Waals surface area contributed by atoms with Gasteiger partial charge >= 0.3 is 5.97 Å². The Bertz CT molecular complexity index is 989. The molecule has 0 saturated carbocycles. The first kappa shape index (κ1) is 20.3. The standard InChI is InChI=1S/C22H25NO4S/c1-15-12-16(2)22(17(3)13-15)28(25,26)23-19(10-11-21(24)27-4)20(23)14-18-8-6-5-7-9-18/h5-13,19-20H,14H2,1-4H3/b11-10+/t19-,20-,23?/m1/s1. The van der Waals surface area contributed by atoms with E-state index in [0.29, 0.717) is 11.3 Å². The minimum Gasteiger partial charge on any atom is -0.466 e. The van der Waals surface area contributed by atoms with Gasteiger partial charge in [0.1, 0.15) is 0 Å². The van der Waals surface area contributed by atoms with E-state index in [2.05, 4.69) is 4.74 Å². The number of nitrogens with zero attached hydrogens (tertiary/aromatic N) is 1. The highest BCUT2D eigenvalue weighted by molar-refractivity contribution is 7.89. The van der Waals surface area contributed by atoms with E-state index in [1.54, 1.807) is 6.08 Å². The largest absolute Gasteiger partial charge is 0.466 e. The first-order valence-corrected chi connectivity index (χ1v) is 10.6. The number of benzene rings is 2. The first-order valence-electron chi connectivity index (χ1n) is 9.17. The third kappa shape index (κ3) is 4.03. The number of hydrogen-bond donors (Lipinski definition) is 0. The van der Waals surface area contributed by atoms with E-state index in [4.69, 9.17) is 0 Å². The Morgan fingerprint density at radius 2 is 1.71 bits per heavy atom. The molecule has 0 bridgehead atoms. The van der Waals surface area contributed by atoms with Crippen LogP contribution in [0, 0.1) is 20.8 Å². The summed E-state index contributed by atoms with van der Waals surface area (Å²) in [5.74, 6) is -0.495. The Labute approximate surface area is 166 Å². The molecule has 0 amide bonds. The topological polar surface area (TPSA) is 63.5 Å². The van der Waals surface area contributed by atoms with Gasteiger partial charge in [0.15, 0.2) is 0 Å². The van der Waals surface area contributed by atoms with Crippen LogP contribution in [-0.4, -0.2) is 37.9 Å². The summed E-state index contributed by atoms with van der Waals surface area (Å²) in [5, 5.41) is 0. The lowest BCUT2D eigenvalue weighted by molar-refractivity contribution is -0.134. The Balaban J connectivity index is 1.96. The molecule has 1 aliphatic heterocycles. The Hall–Kier alpha value is -2.44. The quantitative estimate of drug-likeness (QED) is 0.425. The van der Waals surface area contributed by atoms with Gasteiger partial charge in [-0.2, -0.15) is 4.31 Å². The van der Waals surface area contributed by atoms with Crippen LogP contribution in [-0.2, 0) is 26.0 Å². The molecule has 6 heteroatoms. The summed E-state index contributed by atoms with van der Waals surface area (Å²) >= 11 is 0. The Kier molecular flexibility index (Phi) is 5.72. The monoisotopic (exact) mass is 399 g/mol. The van der Waals surface area contributed by atoms with Crippen molar-refractivity contribution in [3.8, 4) is 0 Å². The van der Waals surface area contributed by atoms with Crippen LogP contribution in [0.5, 0.6) is 0 Å². The molecule has 3 atom stereocenters. The smallest absolute Gasteiger partial charge is 0.330 e. The van der Waals surface area contributed by atoms with Gasteiger partial charge in [0.25, 0.3) is 0 Å². The maximum atomic E-state index is 13.4. The van der Waals surface area contributed by atoms with Gasteiger partial charge in [0.05, 0.1) is 24.1 Å². The molecule has 2 aromatic carbocycles. The molecule has 0 radical (unpaired) electrons. The van der Waals surface area contributed by atoms with Crippen molar-refractivity contribution in [3.05, 3.63) is 76.9 Å². The molecule has 1 aliphatic rings. The summed E-state index contributed by atoms with van der Waals surface area (Å²) < 4.78 is 33.0. The SMILES string of the molecule is COC(=O)/C=C/[C@@H]1[C@@H](Cc2ccccc2)N1S(=O)(=O)c1c(C)cc(C)cc1C. The second-order valence-corrected chi connectivity index (χ2v) is 8.97. The van der Waals surface area contributed by atoms with Crippen molar-refractivity contribution < 1.29 is 17.9 Å². The molecule has 1 fully saturated rings. The van der Waals surface area contributed by atoms with Crippen LogP contribution < -0.4 is 0 Å². The second kappa shape index (κ2) is 7.89. The lowest BCUT2D eigenvalue weighted by Crippen LogP contribution is -2.19. The van der Waals surface area contributed by atoms with Crippen molar-refractivity contribution >= 4 is 16.0 Å². The van der Waals surface area contributed by atoms with Crippen LogP contribution in [0.2, 0.25) is 0 Å². The lowest BCUT2D eigenvalue weighted by Gasteiger charge is -2.13. The maximum Gasteiger partial charge on any atom is 0.330 e. The second-order valence-electron chi connectivity index (χ2n) is 7.19. The minimum atomic E-state index is -3.69. The number of aryl methyl sites for hydroxylation is 3. The predicted octanol–water partition coefficient (Wildman–Crippen LogP) is 3.33. The van der Waals surface area contributed by atoms with Crippen molar-refractivity contribution in [1.82, 2.24) is 4.31 Å². The van der Waals surface area contributed by atoms with E-state index in [0.717, 1.165) is 22.3 Å². The minimum absolute atomic E-state index is 0.228. The van der Waals surface area contributed by atoms with Crippen LogP contribution in [0.3, 0.4) is 0 Å². The van der Waals surface area contributed by atoms with Crippen LogP contribution >= 0.6 is 0 Å². The molecule has 1 saturated heterocycles. The molecule has 0 aliphatic carbocycles. The van der Waals surface area contributed by atoms with E-state index < -0.39 is 16.0 Å². The van der Waals surface area contributed by atoms with E-state index in [-0.39, 0.29) is 12.1 Å². The van der Waals surface area contributed by atoms with Crippen molar-refractivity contribution in [2.24, 2.45) is 0 Å². The molecule has 0 aromatic heterocycles. The van der Waals surface area contributed by atoms with Gasteiger partial charge in [-0.1, -0.05) is 54.1 Å². The van der Waals surface area contributed by atoms with E-state index in [1.807, 2.05) is 63.2 Å². The lowest BCUT2D eigenvalue weighted by atomic mass is 10.1. The molecule has 0 spiro atoms. The summed E-state index contributed by atoms with van der Waals surface area (Å²) in [5.41, 5.74) is 3.55. The number of hydrogen-bond acceptors (Lipinski definition) is 4. The summed E-state index contributed by atoms with van der Waals surface area (Å²) in [7, 11) is -2.39. The molecule has 1 heterocycles. The average molecular weight is 400 g/mol. The van der Waals surface area contributed by atoms with Crippen LogP contribution in [0.15, 0.2) is 59.5 Å². The maximum absolute atomic E-state index is 13.4. The van der Waals surface area contributed by atoms with Crippen molar-refractivity contribution in [2.45, 2.75) is 44.2 Å². The number of carbonyl (C=O) groups excluding carboxylic acids is 1. The highest BCUT2D eigenvalue weighted by Crippen LogP contribution is 2.40. The zero-order chi connectivity index (χ0) is 20.5. The third-order valence-corrected chi connectivity index (χ3v) is 7.21. The average Bonchev–Trinajstić information content (AvgIpc) is 3.32. The molecule has 0 N–H and O–H groups in total. The molecule has 5 nitrogen and oxygen atoms in total. The molecule has 1 unspecified atom stereocenters. The molecule has 2 aromatic rings. The van der Waals surface area contributed by atoms with E-state index >= 15 is 0 Å². The van der Waals surface area contributed by atoms with Crippen molar-refractivity contribution in [1.29, 1.82) is 0 Å². The summed E-state index contributed by atoms with van der Waals surface area (Å²) in [6.07, 6.45) is 3.50. The normalized spacial score (nSPS) is 21.6. The molecule has 3 rings (SSSR count). The molecule has 28 heavy (non-hydrogen) atoms. The number of methoxy groups -OCH3 is 1. The third-order valence-electron chi connectivity index (χ3n) is 4.98. The zero-order valence-corrected chi connectivity index (χ0v) is 17.4. The summed E-state index contributed by atoms with van der Waals surface area (Å²) in [6, 6.07) is 12.9. The van der Waals surface area contributed by atoms with Crippen LogP contribution in [0.1, 0.15) is 22.3 Å². The van der Waals surface area contributed by atoms with Gasteiger partial charge in [-0.05, 0) is 43.9 Å². The van der Waals surface area contributed by atoms with Crippen molar-refractivity contribution in [3.63, 3.8) is 0 Å². The van der Waals surface area contributed by atoms with Gasteiger partial charge < -0.3 is 4.74 Å². The highest BCUT2D eigenvalue weighted by atomic mass is 32.2. The molecular formula is C22H25NO4S. The van der Waals surface area contributed by atoms with Crippen molar-refractivity contribution in [2.75, 3.05) is 7.11 Å². The van der Waals surface area contributed by atoms with E-state index in [9.17, 15) is 13.2 Å². The van der Waals surface area contributed by atoms with Gasteiger partial charge in [0.2, 0.25) is 10.0 Å². The fourth-order valence-electron chi connectivity index (χ4n) is 3.82. The van der Waals surface area contributed by atoms with Gasteiger partial charge in [0, 0.05) is 6.08 Å². The number of carbonyl (C=O) groups is 1. The molecule has 148 valence electrons. The van der Waals surface area contributed by atoms with Gasteiger partial charge in [-0.15, -0.1) is 0 Å². The van der Waals surface area contributed by atoms with Gasteiger partial charge in [-0.3, -0.25) is 0 Å². The molecular weight excluding hydrogens is 374 g/mol. The van der Waals surface area contributed by atoms with Crippen LogP contribution in [0.25, 0.3) is 0 Å². The predicted molar refractivity (Wildman–Crippen MR) is 109 cm³/mol. The highest BCUT2D eigenvalue weighted by Gasteiger charge is 2.54. The summed E-state index contributed by atoms with van der Waals surface area (Å²) in [6.45, 7) is 5.59. The Morgan fingerprint density at radius 1 is 1.11 bits per heavy atom. The Morgan fingerprint density at radius 3 is 2.29 bits per heavy atom. The van der Waals surface area contributed by atoms with E-state index in [1.165, 1.54) is 17.5 Å². The van der Waals surface area contributed by atoms with Crippen LogP contribution in [0.4, 0.5) is 0 Å². The fourth-order valence-corrected chi connectivity index (χ4v) is 5.99. The van der Waals surface area contributed by atoms with Gasteiger partial charge in [-0.25, -0.2) is 13.2 Å². The number of esters is 1. The fraction of sp³-hybridized carbons (Fsp3) is 0.318. The summed E-state index contributed by atoms with van der Waals surface area (Å²) in [4.78, 5) is 11.9. The zero-order valence-electron chi connectivity index (χ0n) is 16.5. The number of rotatable bonds is 6.